The Morgan fingerprint density at radius 3 is 2.71 bits per heavy atom. The summed E-state index contributed by atoms with van der Waals surface area (Å²) in [6.45, 7) is -0.112. The molecule has 3 aromatic rings. The third-order valence-electron chi connectivity index (χ3n) is 3.36. The maximum Gasteiger partial charge on any atom is 0.350 e. The van der Waals surface area contributed by atoms with Crippen LogP contribution in [0.5, 0.6) is 5.75 Å². The zero-order valence-corrected chi connectivity index (χ0v) is 14.0. The number of hydrogen-bond donors (Lipinski definition) is 0. The van der Waals surface area contributed by atoms with E-state index in [1.807, 2.05) is 0 Å². The summed E-state index contributed by atoms with van der Waals surface area (Å²) in [6.07, 6.45) is 0. The maximum absolute atomic E-state index is 13.6. The van der Waals surface area contributed by atoms with Crippen molar-refractivity contribution in [1.82, 2.24) is 0 Å². The van der Waals surface area contributed by atoms with Crippen LogP contribution in [0.1, 0.15) is 15.2 Å². The van der Waals surface area contributed by atoms with Gasteiger partial charge in [-0.05, 0) is 35.9 Å². The summed E-state index contributed by atoms with van der Waals surface area (Å²) in [4.78, 5) is 12.4. The van der Waals surface area contributed by atoms with Crippen LogP contribution in [-0.2, 0) is 11.3 Å². The fraction of sp³-hybridized carbons (Fsp3) is 0.118. The van der Waals surface area contributed by atoms with E-state index < -0.39 is 17.6 Å². The molecule has 3 nitrogen and oxygen atoms in total. The van der Waals surface area contributed by atoms with E-state index in [9.17, 15) is 13.6 Å². The monoisotopic (exact) mass is 368 g/mol. The van der Waals surface area contributed by atoms with Crippen molar-refractivity contribution in [2.24, 2.45) is 0 Å². The van der Waals surface area contributed by atoms with E-state index in [1.54, 1.807) is 6.07 Å². The number of benzene rings is 2. The summed E-state index contributed by atoms with van der Waals surface area (Å²) >= 11 is 7.21. The fourth-order valence-electron chi connectivity index (χ4n) is 2.18. The largest absolute Gasteiger partial charge is 0.494 e. The van der Waals surface area contributed by atoms with Crippen molar-refractivity contribution in [3.05, 3.63) is 63.5 Å². The Morgan fingerprint density at radius 1 is 1.21 bits per heavy atom. The van der Waals surface area contributed by atoms with Gasteiger partial charge in [0.05, 0.1) is 12.1 Å². The number of halogens is 3. The van der Waals surface area contributed by atoms with E-state index in [1.165, 1.54) is 37.4 Å². The Kier molecular flexibility index (Phi) is 4.69. The molecule has 0 fully saturated rings. The molecule has 1 heterocycles. The smallest absolute Gasteiger partial charge is 0.350 e. The van der Waals surface area contributed by atoms with Crippen molar-refractivity contribution >= 4 is 39.0 Å². The highest BCUT2D eigenvalue weighted by Crippen LogP contribution is 2.36. The number of esters is 1. The molecule has 0 aliphatic heterocycles. The van der Waals surface area contributed by atoms with Gasteiger partial charge in [-0.15, -0.1) is 11.3 Å². The number of rotatable bonds is 4. The number of hydrogen-bond acceptors (Lipinski definition) is 4. The fourth-order valence-corrected chi connectivity index (χ4v) is 3.61. The highest BCUT2D eigenvalue weighted by Gasteiger charge is 2.19. The summed E-state index contributed by atoms with van der Waals surface area (Å²) in [5.41, 5.74) is 0.477. The van der Waals surface area contributed by atoms with Gasteiger partial charge >= 0.3 is 5.97 Å². The predicted molar refractivity (Wildman–Crippen MR) is 88.9 cm³/mol. The molecule has 124 valence electrons. The van der Waals surface area contributed by atoms with Gasteiger partial charge in [-0.1, -0.05) is 17.7 Å². The Hall–Kier alpha value is -2.18. The third-order valence-corrected chi connectivity index (χ3v) is 5.00. The first kappa shape index (κ1) is 16.7. The number of carbonyl (C=O) groups is 1. The van der Waals surface area contributed by atoms with Crippen LogP contribution in [0.15, 0.2) is 36.4 Å². The second-order valence-corrected chi connectivity index (χ2v) is 6.36. The van der Waals surface area contributed by atoms with Crippen LogP contribution in [0, 0.1) is 11.6 Å². The third kappa shape index (κ3) is 3.20. The van der Waals surface area contributed by atoms with Crippen molar-refractivity contribution in [3.63, 3.8) is 0 Å². The van der Waals surface area contributed by atoms with Crippen molar-refractivity contribution < 1.29 is 23.0 Å². The minimum Gasteiger partial charge on any atom is -0.494 e. The molecule has 24 heavy (non-hydrogen) atoms. The summed E-state index contributed by atoms with van der Waals surface area (Å²) in [6, 6.07) is 8.37. The molecule has 0 saturated carbocycles. The normalized spacial score (nSPS) is 10.8. The van der Waals surface area contributed by atoms with Crippen LogP contribution < -0.4 is 4.74 Å². The first-order chi connectivity index (χ1) is 11.5. The average Bonchev–Trinajstić information content (AvgIpc) is 2.89. The quantitative estimate of drug-likeness (QED) is 0.594. The maximum atomic E-state index is 13.6. The minimum absolute atomic E-state index is 0.111. The first-order valence-corrected chi connectivity index (χ1v) is 8.06. The molecule has 0 aliphatic carbocycles. The van der Waals surface area contributed by atoms with Crippen LogP contribution in [0.2, 0.25) is 5.02 Å². The van der Waals surface area contributed by atoms with Crippen molar-refractivity contribution in [2.45, 2.75) is 6.61 Å². The van der Waals surface area contributed by atoms with Gasteiger partial charge in [-0.2, -0.15) is 0 Å². The summed E-state index contributed by atoms with van der Waals surface area (Å²) < 4.78 is 37.4. The average molecular weight is 369 g/mol. The van der Waals surface area contributed by atoms with Gasteiger partial charge in [0.15, 0.2) is 11.6 Å². The predicted octanol–water partition coefficient (Wildman–Crippen LogP) is 5.20. The lowest BCUT2D eigenvalue weighted by Gasteiger charge is -2.06. The van der Waals surface area contributed by atoms with Crippen molar-refractivity contribution in [1.29, 1.82) is 0 Å². The lowest BCUT2D eigenvalue weighted by atomic mass is 10.2. The molecule has 0 N–H and O–H groups in total. The molecule has 0 atom stereocenters. The van der Waals surface area contributed by atoms with E-state index in [2.05, 4.69) is 0 Å². The number of methoxy groups -OCH3 is 1. The van der Waals surface area contributed by atoms with E-state index in [0.29, 0.717) is 15.6 Å². The molecule has 0 spiro atoms. The molecule has 2 aromatic carbocycles. The Bertz CT molecular complexity index is 924. The lowest BCUT2D eigenvalue weighted by molar-refractivity contribution is 0.0478. The molecule has 3 rings (SSSR count). The number of thiophene rings is 1. The van der Waals surface area contributed by atoms with Gasteiger partial charge in [0.2, 0.25) is 0 Å². The van der Waals surface area contributed by atoms with Crippen molar-refractivity contribution in [2.75, 3.05) is 7.11 Å². The molecular formula is C17H11ClF2O3S. The summed E-state index contributed by atoms with van der Waals surface area (Å²) in [5.74, 6) is -1.48. The van der Waals surface area contributed by atoms with Crippen LogP contribution in [0.4, 0.5) is 8.78 Å². The second-order valence-electron chi connectivity index (χ2n) is 4.93. The number of carbonyl (C=O) groups excluding carboxylic acids is 1. The topological polar surface area (TPSA) is 35.5 Å². The van der Waals surface area contributed by atoms with E-state index in [0.717, 1.165) is 11.3 Å². The van der Waals surface area contributed by atoms with Gasteiger partial charge in [0, 0.05) is 10.1 Å². The van der Waals surface area contributed by atoms with E-state index in [4.69, 9.17) is 21.1 Å². The van der Waals surface area contributed by atoms with Crippen LogP contribution in [-0.4, -0.2) is 13.1 Å². The summed E-state index contributed by atoms with van der Waals surface area (Å²) in [5, 5.41) is 0.812. The van der Waals surface area contributed by atoms with Gasteiger partial charge in [-0.3, -0.25) is 0 Å². The molecule has 0 aliphatic rings. The van der Waals surface area contributed by atoms with Crippen LogP contribution in [0.3, 0.4) is 0 Å². The molecule has 7 heteroatoms. The molecule has 0 saturated heterocycles. The SMILES string of the molecule is COc1ccc(COC(=O)c2sc3cc(F)ccc3c2Cl)cc1F. The van der Waals surface area contributed by atoms with Gasteiger partial charge in [0.1, 0.15) is 17.3 Å². The molecule has 0 amide bonds. The highest BCUT2D eigenvalue weighted by atomic mass is 35.5. The Labute approximate surface area is 145 Å². The second kappa shape index (κ2) is 6.75. The van der Waals surface area contributed by atoms with Gasteiger partial charge < -0.3 is 9.47 Å². The molecule has 1 aromatic heterocycles. The van der Waals surface area contributed by atoms with Crippen LogP contribution in [0.25, 0.3) is 10.1 Å². The molecule has 0 unspecified atom stereocenters. The molecule has 0 bridgehead atoms. The lowest BCUT2D eigenvalue weighted by Crippen LogP contribution is -2.04. The molecular weight excluding hydrogens is 358 g/mol. The zero-order valence-electron chi connectivity index (χ0n) is 12.4. The number of fused-ring (bicyclic) bond motifs is 1. The highest BCUT2D eigenvalue weighted by molar-refractivity contribution is 7.21. The van der Waals surface area contributed by atoms with Crippen molar-refractivity contribution in [3.8, 4) is 5.75 Å². The minimum atomic E-state index is -0.641. The zero-order chi connectivity index (χ0) is 17.3. The Morgan fingerprint density at radius 2 is 2.00 bits per heavy atom. The first-order valence-electron chi connectivity index (χ1n) is 6.86. The van der Waals surface area contributed by atoms with Gasteiger partial charge in [0.25, 0.3) is 0 Å². The Balaban J connectivity index is 1.78. The van der Waals surface area contributed by atoms with E-state index >= 15 is 0 Å². The van der Waals surface area contributed by atoms with E-state index in [-0.39, 0.29) is 22.3 Å². The standard InChI is InChI=1S/C17H11ClF2O3S/c1-22-13-5-2-9(6-12(13)20)8-23-17(21)16-15(18)11-4-3-10(19)7-14(11)24-16/h2-7H,8H2,1H3. The number of ether oxygens (including phenoxy) is 2. The van der Waals surface area contributed by atoms with Gasteiger partial charge in [-0.25, -0.2) is 13.6 Å². The summed E-state index contributed by atoms with van der Waals surface area (Å²) in [7, 11) is 1.37. The van der Waals surface area contributed by atoms with Crippen LogP contribution >= 0.6 is 22.9 Å². The molecule has 0 radical (unpaired) electrons.